The van der Waals surface area contributed by atoms with Crippen LogP contribution >= 0.6 is 0 Å². The summed E-state index contributed by atoms with van der Waals surface area (Å²) < 4.78 is 23.4. The van der Waals surface area contributed by atoms with Gasteiger partial charge < -0.3 is 10.0 Å². The highest BCUT2D eigenvalue weighted by Crippen LogP contribution is 2.08. The first-order valence-electron chi connectivity index (χ1n) is 6.41. The molecule has 21 heavy (non-hydrogen) atoms. The monoisotopic (exact) mass is 313 g/mol. The van der Waals surface area contributed by atoms with E-state index in [1.807, 2.05) is 0 Å². The number of carboxylic acid groups (broad SMARTS) is 1. The molecule has 0 fully saturated rings. The highest BCUT2D eigenvalue weighted by molar-refractivity contribution is 7.92. The van der Waals surface area contributed by atoms with Gasteiger partial charge in [0.2, 0.25) is 5.91 Å². The Balaban J connectivity index is 2.70. The van der Waals surface area contributed by atoms with Gasteiger partial charge in [0.15, 0.2) is 9.84 Å². The average molecular weight is 313 g/mol. The van der Waals surface area contributed by atoms with Crippen molar-refractivity contribution >= 4 is 21.7 Å². The van der Waals surface area contributed by atoms with Crippen molar-refractivity contribution in [2.75, 3.05) is 12.8 Å². The van der Waals surface area contributed by atoms with Crippen molar-refractivity contribution in [1.82, 2.24) is 4.90 Å². The molecule has 0 aliphatic heterocycles. The van der Waals surface area contributed by atoms with Gasteiger partial charge in [0.1, 0.15) is 5.75 Å². The van der Waals surface area contributed by atoms with E-state index in [0.717, 1.165) is 5.56 Å². The molecule has 0 saturated heterocycles. The fourth-order valence-electron chi connectivity index (χ4n) is 1.56. The lowest BCUT2D eigenvalue weighted by Gasteiger charge is -2.18. The Labute approximate surface area is 124 Å². The topological polar surface area (TPSA) is 91.8 Å². The summed E-state index contributed by atoms with van der Waals surface area (Å²) in [4.78, 5) is 23.9. The van der Waals surface area contributed by atoms with E-state index in [1.165, 1.54) is 37.9 Å². The number of nitrogens with zero attached hydrogens (tertiary/aromatic N) is 1. The van der Waals surface area contributed by atoms with E-state index in [-0.39, 0.29) is 12.1 Å². The van der Waals surface area contributed by atoms with Gasteiger partial charge in [-0.15, -0.1) is 0 Å². The lowest BCUT2D eigenvalue weighted by Crippen LogP contribution is -2.34. The third-order valence-electron chi connectivity index (χ3n) is 3.09. The summed E-state index contributed by atoms with van der Waals surface area (Å²) in [6.45, 7) is 3.30. The minimum absolute atomic E-state index is 0.162. The van der Waals surface area contributed by atoms with Crippen molar-refractivity contribution in [2.45, 2.75) is 25.6 Å². The van der Waals surface area contributed by atoms with E-state index >= 15 is 0 Å². The highest BCUT2D eigenvalue weighted by atomic mass is 32.2. The Morgan fingerprint density at radius 1 is 1.19 bits per heavy atom. The lowest BCUT2D eigenvalue weighted by atomic mass is 10.1. The first kappa shape index (κ1) is 17.2. The normalized spacial score (nSPS) is 11.4. The molecule has 0 atom stereocenters. The SMILES string of the molecule is CC(C)S(=O)(=O)CC(=O)N(C)Cc1ccc(C(=O)O)cc1. The van der Waals surface area contributed by atoms with Crippen molar-refractivity contribution in [3.05, 3.63) is 35.4 Å². The molecule has 116 valence electrons. The number of carbonyl (C=O) groups is 2. The van der Waals surface area contributed by atoms with E-state index < -0.39 is 32.7 Å². The summed E-state index contributed by atoms with van der Waals surface area (Å²) in [7, 11) is -1.90. The maximum Gasteiger partial charge on any atom is 0.335 e. The van der Waals surface area contributed by atoms with Crippen LogP contribution in [0.25, 0.3) is 0 Å². The molecule has 0 unspecified atom stereocenters. The molecule has 0 spiro atoms. The van der Waals surface area contributed by atoms with Crippen LogP contribution in [0.5, 0.6) is 0 Å². The maximum atomic E-state index is 11.9. The summed E-state index contributed by atoms with van der Waals surface area (Å²) in [5.74, 6) is -2.02. The largest absolute Gasteiger partial charge is 0.478 e. The van der Waals surface area contributed by atoms with Crippen LogP contribution < -0.4 is 0 Å². The van der Waals surface area contributed by atoms with Crippen LogP contribution in [0.3, 0.4) is 0 Å². The molecule has 0 radical (unpaired) electrons. The number of rotatable bonds is 6. The van der Waals surface area contributed by atoms with Crippen LogP contribution in [-0.2, 0) is 21.2 Å². The lowest BCUT2D eigenvalue weighted by molar-refractivity contribution is -0.127. The molecule has 0 heterocycles. The molecule has 0 bridgehead atoms. The van der Waals surface area contributed by atoms with Gasteiger partial charge in [-0.2, -0.15) is 0 Å². The van der Waals surface area contributed by atoms with Gasteiger partial charge in [0.25, 0.3) is 0 Å². The van der Waals surface area contributed by atoms with Gasteiger partial charge in [-0.25, -0.2) is 13.2 Å². The van der Waals surface area contributed by atoms with Crippen LogP contribution in [0.2, 0.25) is 0 Å². The first-order chi connectivity index (χ1) is 9.63. The van der Waals surface area contributed by atoms with E-state index in [1.54, 1.807) is 12.1 Å². The summed E-state index contributed by atoms with van der Waals surface area (Å²) in [5.41, 5.74) is 0.896. The molecule has 1 N–H and O–H groups in total. The van der Waals surface area contributed by atoms with Gasteiger partial charge in [-0.3, -0.25) is 4.79 Å². The second-order valence-corrected chi connectivity index (χ2v) is 7.67. The molecule has 0 aromatic heterocycles. The molecule has 6 nitrogen and oxygen atoms in total. The molecule has 1 rings (SSSR count). The number of sulfone groups is 1. The van der Waals surface area contributed by atoms with Crippen LogP contribution in [0.15, 0.2) is 24.3 Å². The molecule has 1 aromatic carbocycles. The van der Waals surface area contributed by atoms with Crippen LogP contribution in [0, 0.1) is 0 Å². The minimum atomic E-state index is -3.42. The third-order valence-corrected chi connectivity index (χ3v) is 5.18. The molecule has 0 aliphatic carbocycles. The zero-order chi connectivity index (χ0) is 16.2. The zero-order valence-electron chi connectivity index (χ0n) is 12.2. The second kappa shape index (κ2) is 6.71. The Kier molecular flexibility index (Phi) is 5.48. The van der Waals surface area contributed by atoms with Crippen molar-refractivity contribution in [1.29, 1.82) is 0 Å². The molecule has 7 heteroatoms. The van der Waals surface area contributed by atoms with Crippen molar-refractivity contribution in [2.24, 2.45) is 0 Å². The van der Waals surface area contributed by atoms with Gasteiger partial charge in [0, 0.05) is 13.6 Å². The number of aromatic carboxylic acids is 1. The number of hydrogen-bond donors (Lipinski definition) is 1. The van der Waals surface area contributed by atoms with Crippen molar-refractivity contribution < 1.29 is 23.1 Å². The summed E-state index contributed by atoms with van der Waals surface area (Å²) in [6.07, 6.45) is 0. The van der Waals surface area contributed by atoms with Gasteiger partial charge in [-0.05, 0) is 31.5 Å². The standard InChI is InChI=1S/C14H19NO5S/c1-10(2)21(19,20)9-13(16)15(3)8-11-4-6-12(7-5-11)14(17)18/h4-7,10H,8-9H2,1-3H3,(H,17,18). The van der Waals surface area contributed by atoms with Crippen LogP contribution in [0.1, 0.15) is 29.8 Å². The van der Waals surface area contributed by atoms with Gasteiger partial charge in [-0.1, -0.05) is 12.1 Å². The maximum absolute atomic E-state index is 11.9. The molecule has 1 amide bonds. The number of carbonyl (C=O) groups excluding carboxylic acids is 1. The Morgan fingerprint density at radius 2 is 1.71 bits per heavy atom. The second-order valence-electron chi connectivity index (χ2n) is 5.11. The van der Waals surface area contributed by atoms with Crippen molar-refractivity contribution in [3.8, 4) is 0 Å². The number of hydrogen-bond acceptors (Lipinski definition) is 4. The van der Waals surface area contributed by atoms with E-state index in [2.05, 4.69) is 0 Å². The molecular weight excluding hydrogens is 294 g/mol. The fraction of sp³-hybridized carbons (Fsp3) is 0.429. The average Bonchev–Trinajstić information content (AvgIpc) is 2.38. The van der Waals surface area contributed by atoms with Gasteiger partial charge >= 0.3 is 5.97 Å². The van der Waals surface area contributed by atoms with E-state index in [0.29, 0.717) is 0 Å². The molecular formula is C14H19NO5S. The predicted molar refractivity (Wildman–Crippen MR) is 78.8 cm³/mol. The van der Waals surface area contributed by atoms with E-state index in [4.69, 9.17) is 5.11 Å². The smallest absolute Gasteiger partial charge is 0.335 e. The Hall–Kier alpha value is -1.89. The number of carboxylic acids is 1. The Bertz CT molecular complexity index is 619. The van der Waals surface area contributed by atoms with Crippen molar-refractivity contribution in [3.63, 3.8) is 0 Å². The Morgan fingerprint density at radius 3 is 2.14 bits per heavy atom. The quantitative estimate of drug-likeness (QED) is 0.851. The van der Waals surface area contributed by atoms with E-state index in [9.17, 15) is 18.0 Å². The number of amides is 1. The zero-order valence-corrected chi connectivity index (χ0v) is 13.1. The predicted octanol–water partition coefficient (Wildman–Crippen LogP) is 1.17. The van der Waals surface area contributed by atoms with Gasteiger partial charge in [0.05, 0.1) is 10.8 Å². The van der Waals surface area contributed by atoms with Crippen LogP contribution in [0.4, 0.5) is 0 Å². The number of benzene rings is 1. The van der Waals surface area contributed by atoms with Crippen LogP contribution in [-0.4, -0.2) is 48.4 Å². The third kappa shape index (κ3) is 4.86. The summed E-state index contributed by atoms with van der Waals surface area (Å²) >= 11 is 0. The highest BCUT2D eigenvalue weighted by Gasteiger charge is 2.22. The first-order valence-corrected chi connectivity index (χ1v) is 8.13. The molecule has 1 aromatic rings. The minimum Gasteiger partial charge on any atom is -0.478 e. The molecule has 0 saturated carbocycles. The molecule has 0 aliphatic rings. The summed E-state index contributed by atoms with van der Waals surface area (Å²) in [5, 5.41) is 8.20. The summed E-state index contributed by atoms with van der Waals surface area (Å²) in [6, 6.07) is 6.09. The fourth-order valence-corrected chi connectivity index (χ4v) is 2.46.